The fourth-order valence-corrected chi connectivity index (χ4v) is 2.90. The van der Waals surface area contributed by atoms with Crippen molar-refractivity contribution in [3.05, 3.63) is 29.3 Å². The van der Waals surface area contributed by atoms with E-state index in [4.69, 9.17) is 5.73 Å². The predicted molar refractivity (Wildman–Crippen MR) is 68.2 cm³/mol. The van der Waals surface area contributed by atoms with E-state index in [1.54, 1.807) is 0 Å². The molecule has 1 saturated carbocycles. The summed E-state index contributed by atoms with van der Waals surface area (Å²) < 4.78 is 38.3. The van der Waals surface area contributed by atoms with E-state index in [0.29, 0.717) is 12.8 Å². The summed E-state index contributed by atoms with van der Waals surface area (Å²) >= 11 is 0. The third-order valence-electron chi connectivity index (χ3n) is 3.89. The van der Waals surface area contributed by atoms with Crippen molar-refractivity contribution >= 4 is 11.7 Å². The first-order valence-corrected chi connectivity index (χ1v) is 6.50. The molecule has 0 aliphatic heterocycles. The van der Waals surface area contributed by atoms with Crippen LogP contribution in [0.2, 0.25) is 0 Å². The van der Waals surface area contributed by atoms with Crippen molar-refractivity contribution in [3.63, 3.8) is 0 Å². The van der Waals surface area contributed by atoms with Crippen LogP contribution < -0.4 is 5.73 Å². The summed E-state index contributed by atoms with van der Waals surface area (Å²) in [6.07, 6.45) is -1.25. The van der Waals surface area contributed by atoms with Gasteiger partial charge in [-0.3, -0.25) is 4.79 Å². The minimum absolute atomic E-state index is 0.0826. The molecule has 0 amide bonds. The fourth-order valence-electron chi connectivity index (χ4n) is 2.90. The van der Waals surface area contributed by atoms with E-state index < -0.39 is 23.6 Å². The number of halogens is 3. The van der Waals surface area contributed by atoms with Gasteiger partial charge in [-0.1, -0.05) is 12.8 Å². The second-order valence-electron chi connectivity index (χ2n) is 5.20. The molecule has 20 heavy (non-hydrogen) atoms. The first kappa shape index (κ1) is 14.7. The lowest BCUT2D eigenvalue weighted by Crippen LogP contribution is -2.21. The Labute approximate surface area is 114 Å². The molecule has 1 fully saturated rings. The summed E-state index contributed by atoms with van der Waals surface area (Å²) in [6, 6.07) is 2.90. The number of carbonyl (C=O) groups is 1. The van der Waals surface area contributed by atoms with Crippen LogP contribution in [0.25, 0.3) is 0 Å². The molecule has 0 radical (unpaired) electrons. The highest BCUT2D eigenvalue weighted by atomic mass is 19.4. The number of nitrogen functional groups attached to an aromatic ring is 1. The molecule has 1 aromatic carbocycles. The van der Waals surface area contributed by atoms with E-state index in [0.717, 1.165) is 31.0 Å². The number of hydrogen-bond acceptors (Lipinski definition) is 2. The summed E-state index contributed by atoms with van der Waals surface area (Å²) in [5.41, 5.74) is 5.04. The maximum absolute atomic E-state index is 12.8. The summed E-state index contributed by atoms with van der Waals surface area (Å²) in [4.78, 5) is 11.5. The Bertz CT molecular complexity index is 508. The molecule has 3 nitrogen and oxygen atoms in total. The number of carboxylic acid groups (broad SMARTS) is 1. The molecule has 1 aliphatic carbocycles. The van der Waals surface area contributed by atoms with Gasteiger partial charge in [0.25, 0.3) is 0 Å². The van der Waals surface area contributed by atoms with Crippen molar-refractivity contribution in [1.29, 1.82) is 0 Å². The SMILES string of the molecule is Nc1ccc(C(F)(F)F)cc1C(C(=O)O)C1CCCC1. The molecule has 2 rings (SSSR count). The molecule has 3 N–H and O–H groups in total. The zero-order valence-electron chi connectivity index (χ0n) is 10.8. The fraction of sp³-hybridized carbons (Fsp3) is 0.500. The average Bonchev–Trinajstić information content (AvgIpc) is 2.83. The van der Waals surface area contributed by atoms with E-state index in [2.05, 4.69) is 0 Å². The lowest BCUT2D eigenvalue weighted by atomic mass is 9.83. The highest BCUT2D eigenvalue weighted by molar-refractivity contribution is 5.79. The number of benzene rings is 1. The monoisotopic (exact) mass is 287 g/mol. The topological polar surface area (TPSA) is 63.3 Å². The minimum Gasteiger partial charge on any atom is -0.481 e. The van der Waals surface area contributed by atoms with Crippen molar-refractivity contribution in [2.24, 2.45) is 5.92 Å². The molecule has 1 unspecified atom stereocenters. The zero-order valence-corrected chi connectivity index (χ0v) is 10.8. The second-order valence-corrected chi connectivity index (χ2v) is 5.20. The summed E-state index contributed by atoms with van der Waals surface area (Å²) in [5.74, 6) is -2.21. The molecule has 0 heterocycles. The molecular formula is C14H16F3NO2. The number of rotatable bonds is 3. The maximum atomic E-state index is 12.8. The highest BCUT2D eigenvalue weighted by Crippen LogP contribution is 2.41. The van der Waals surface area contributed by atoms with E-state index in [1.807, 2.05) is 0 Å². The molecule has 0 saturated heterocycles. The Kier molecular flexibility index (Phi) is 3.92. The quantitative estimate of drug-likeness (QED) is 0.834. The van der Waals surface area contributed by atoms with Crippen molar-refractivity contribution in [3.8, 4) is 0 Å². The first-order chi connectivity index (χ1) is 9.30. The average molecular weight is 287 g/mol. The third-order valence-corrected chi connectivity index (χ3v) is 3.89. The largest absolute Gasteiger partial charge is 0.481 e. The summed E-state index contributed by atoms with van der Waals surface area (Å²) in [5, 5.41) is 9.37. The van der Waals surface area contributed by atoms with Crippen molar-refractivity contribution in [1.82, 2.24) is 0 Å². The van der Waals surface area contributed by atoms with Crippen LogP contribution in [0.15, 0.2) is 18.2 Å². The number of aliphatic carboxylic acids is 1. The lowest BCUT2D eigenvalue weighted by Gasteiger charge is -2.22. The van der Waals surface area contributed by atoms with Crippen molar-refractivity contribution in [2.45, 2.75) is 37.8 Å². The number of hydrogen-bond donors (Lipinski definition) is 2. The number of carboxylic acids is 1. The van der Waals surface area contributed by atoms with Crippen LogP contribution >= 0.6 is 0 Å². The van der Waals surface area contributed by atoms with Crippen LogP contribution in [-0.4, -0.2) is 11.1 Å². The van der Waals surface area contributed by atoms with Gasteiger partial charge in [-0.15, -0.1) is 0 Å². The Balaban J connectivity index is 2.44. The van der Waals surface area contributed by atoms with Gasteiger partial charge in [-0.25, -0.2) is 0 Å². The van der Waals surface area contributed by atoms with Gasteiger partial charge >= 0.3 is 12.1 Å². The second kappa shape index (κ2) is 5.34. The number of nitrogens with two attached hydrogens (primary N) is 1. The van der Waals surface area contributed by atoms with Gasteiger partial charge in [-0.2, -0.15) is 13.2 Å². The van der Waals surface area contributed by atoms with Crippen molar-refractivity contribution < 1.29 is 23.1 Å². The molecular weight excluding hydrogens is 271 g/mol. The van der Waals surface area contributed by atoms with Gasteiger partial charge in [0, 0.05) is 5.69 Å². The van der Waals surface area contributed by atoms with E-state index in [9.17, 15) is 23.1 Å². The van der Waals surface area contributed by atoms with E-state index >= 15 is 0 Å². The molecule has 110 valence electrons. The van der Waals surface area contributed by atoms with Gasteiger partial charge < -0.3 is 10.8 Å². The summed E-state index contributed by atoms with van der Waals surface area (Å²) in [7, 11) is 0. The van der Waals surface area contributed by atoms with E-state index in [-0.39, 0.29) is 17.2 Å². The van der Waals surface area contributed by atoms with Gasteiger partial charge in [0.2, 0.25) is 0 Å². The molecule has 0 spiro atoms. The van der Waals surface area contributed by atoms with Crippen LogP contribution in [0.5, 0.6) is 0 Å². The van der Waals surface area contributed by atoms with Crippen LogP contribution in [0.3, 0.4) is 0 Å². The highest BCUT2D eigenvalue weighted by Gasteiger charge is 2.36. The molecule has 1 atom stereocenters. The minimum atomic E-state index is -4.50. The van der Waals surface area contributed by atoms with Crippen LogP contribution in [0, 0.1) is 5.92 Å². The Morgan fingerprint density at radius 1 is 1.30 bits per heavy atom. The smallest absolute Gasteiger partial charge is 0.416 e. The zero-order chi connectivity index (χ0) is 14.9. The Morgan fingerprint density at radius 2 is 1.90 bits per heavy atom. The lowest BCUT2D eigenvalue weighted by molar-refractivity contribution is -0.141. The van der Waals surface area contributed by atoms with Gasteiger partial charge in [0.05, 0.1) is 11.5 Å². The van der Waals surface area contributed by atoms with Crippen LogP contribution in [-0.2, 0) is 11.0 Å². The molecule has 0 bridgehead atoms. The standard InChI is InChI=1S/C14H16F3NO2/c15-14(16,17)9-5-6-11(18)10(7-9)12(13(19)20)8-3-1-2-4-8/h5-8,12H,1-4,18H2,(H,19,20). The van der Waals surface area contributed by atoms with E-state index in [1.165, 1.54) is 0 Å². The molecule has 1 aromatic rings. The Hall–Kier alpha value is -1.72. The molecule has 1 aliphatic rings. The first-order valence-electron chi connectivity index (χ1n) is 6.50. The summed E-state index contributed by atoms with van der Waals surface area (Å²) in [6.45, 7) is 0. The van der Waals surface area contributed by atoms with Crippen LogP contribution in [0.1, 0.15) is 42.7 Å². The predicted octanol–water partition coefficient (Wildman–Crippen LogP) is 3.65. The van der Waals surface area contributed by atoms with Crippen LogP contribution in [0.4, 0.5) is 18.9 Å². The van der Waals surface area contributed by atoms with Crippen molar-refractivity contribution in [2.75, 3.05) is 5.73 Å². The van der Waals surface area contributed by atoms with Gasteiger partial charge in [0.1, 0.15) is 0 Å². The molecule has 0 aromatic heterocycles. The number of alkyl halides is 3. The number of anilines is 1. The third kappa shape index (κ3) is 2.89. The Morgan fingerprint density at radius 3 is 2.40 bits per heavy atom. The van der Waals surface area contributed by atoms with Gasteiger partial charge in [0.15, 0.2) is 0 Å². The normalized spacial score (nSPS) is 18.1. The molecule has 6 heteroatoms. The van der Waals surface area contributed by atoms with Gasteiger partial charge in [-0.05, 0) is 42.5 Å². The maximum Gasteiger partial charge on any atom is 0.416 e.